The van der Waals surface area contributed by atoms with Crippen molar-refractivity contribution in [3.8, 4) is 5.75 Å². The molecule has 0 aliphatic carbocycles. The standard InChI is InChI=1S/C18H13NO4/c20-16-10-12(8-9-15(16)18(22)23)19-17(21)14-7-3-5-11-4-1-2-6-13(11)14/h1-10,20H,(H,19,21)(H,22,23). The molecule has 0 fully saturated rings. The van der Waals surface area contributed by atoms with E-state index in [2.05, 4.69) is 5.32 Å². The van der Waals surface area contributed by atoms with Gasteiger partial charge in [0.1, 0.15) is 11.3 Å². The molecule has 3 N–H and O–H groups in total. The number of anilines is 1. The Kier molecular flexibility index (Phi) is 3.68. The van der Waals surface area contributed by atoms with Crippen molar-refractivity contribution in [2.75, 3.05) is 5.32 Å². The maximum absolute atomic E-state index is 12.4. The van der Waals surface area contributed by atoms with E-state index in [1.165, 1.54) is 18.2 Å². The van der Waals surface area contributed by atoms with Crippen LogP contribution in [0, 0.1) is 0 Å². The Morgan fingerprint density at radius 1 is 0.870 bits per heavy atom. The third-order valence-corrected chi connectivity index (χ3v) is 3.52. The number of carboxylic acids is 1. The van der Waals surface area contributed by atoms with Crippen LogP contribution in [0.1, 0.15) is 20.7 Å². The van der Waals surface area contributed by atoms with E-state index in [-0.39, 0.29) is 11.5 Å². The first-order valence-corrected chi connectivity index (χ1v) is 6.91. The summed E-state index contributed by atoms with van der Waals surface area (Å²) in [6.45, 7) is 0. The lowest BCUT2D eigenvalue weighted by molar-refractivity contribution is 0.0693. The molecule has 0 aromatic heterocycles. The van der Waals surface area contributed by atoms with E-state index in [4.69, 9.17) is 5.11 Å². The van der Waals surface area contributed by atoms with E-state index >= 15 is 0 Å². The van der Waals surface area contributed by atoms with Crippen molar-refractivity contribution >= 4 is 28.3 Å². The Balaban J connectivity index is 1.92. The second-order valence-electron chi connectivity index (χ2n) is 5.02. The van der Waals surface area contributed by atoms with Gasteiger partial charge < -0.3 is 15.5 Å². The second-order valence-corrected chi connectivity index (χ2v) is 5.02. The summed E-state index contributed by atoms with van der Waals surface area (Å²) in [6, 6.07) is 16.8. The minimum absolute atomic E-state index is 0.215. The van der Waals surface area contributed by atoms with Crippen LogP contribution in [0.4, 0.5) is 5.69 Å². The molecule has 0 bridgehead atoms. The predicted molar refractivity (Wildman–Crippen MR) is 87.0 cm³/mol. The van der Waals surface area contributed by atoms with Gasteiger partial charge in [0.15, 0.2) is 0 Å². The van der Waals surface area contributed by atoms with Crippen LogP contribution in [-0.4, -0.2) is 22.1 Å². The number of carboxylic acid groups (broad SMARTS) is 1. The fraction of sp³-hybridized carbons (Fsp3) is 0. The van der Waals surface area contributed by atoms with Gasteiger partial charge in [0, 0.05) is 17.3 Å². The minimum atomic E-state index is -1.23. The predicted octanol–water partition coefficient (Wildman–Crippen LogP) is 3.50. The molecule has 5 nitrogen and oxygen atoms in total. The topological polar surface area (TPSA) is 86.6 Å². The number of benzene rings is 3. The summed E-state index contributed by atoms with van der Waals surface area (Å²) in [4.78, 5) is 23.3. The quantitative estimate of drug-likeness (QED) is 0.691. The van der Waals surface area contributed by atoms with E-state index in [0.29, 0.717) is 11.3 Å². The molecular formula is C18H13NO4. The third-order valence-electron chi connectivity index (χ3n) is 3.52. The summed E-state index contributed by atoms with van der Waals surface area (Å²) in [7, 11) is 0. The highest BCUT2D eigenvalue weighted by Gasteiger charge is 2.13. The first-order chi connectivity index (χ1) is 11.1. The van der Waals surface area contributed by atoms with Crippen LogP contribution in [-0.2, 0) is 0 Å². The Bertz CT molecular complexity index is 913. The zero-order valence-electron chi connectivity index (χ0n) is 12.0. The van der Waals surface area contributed by atoms with Crippen molar-refractivity contribution in [2.24, 2.45) is 0 Å². The molecule has 5 heteroatoms. The summed E-state index contributed by atoms with van der Waals surface area (Å²) in [5.41, 5.74) is 0.614. The molecule has 3 aromatic carbocycles. The lowest BCUT2D eigenvalue weighted by Crippen LogP contribution is -2.12. The van der Waals surface area contributed by atoms with Gasteiger partial charge >= 0.3 is 5.97 Å². The number of fused-ring (bicyclic) bond motifs is 1. The molecule has 3 aromatic rings. The fourth-order valence-electron chi connectivity index (χ4n) is 2.41. The van der Waals surface area contributed by atoms with Crippen LogP contribution in [0.5, 0.6) is 5.75 Å². The highest BCUT2D eigenvalue weighted by Crippen LogP contribution is 2.24. The largest absolute Gasteiger partial charge is 0.507 e. The normalized spacial score (nSPS) is 10.4. The lowest BCUT2D eigenvalue weighted by atomic mass is 10.0. The average Bonchev–Trinajstić information content (AvgIpc) is 2.54. The summed E-state index contributed by atoms with van der Waals surface area (Å²) in [5.74, 6) is -1.95. The van der Waals surface area contributed by atoms with Crippen molar-refractivity contribution in [2.45, 2.75) is 0 Å². The Hall–Kier alpha value is -3.34. The second kappa shape index (κ2) is 5.81. The fourth-order valence-corrected chi connectivity index (χ4v) is 2.41. The van der Waals surface area contributed by atoms with Gasteiger partial charge in [-0.25, -0.2) is 4.79 Å². The van der Waals surface area contributed by atoms with Crippen molar-refractivity contribution in [1.82, 2.24) is 0 Å². The molecule has 0 saturated carbocycles. The van der Waals surface area contributed by atoms with Gasteiger partial charge in [0.25, 0.3) is 5.91 Å². The highest BCUT2D eigenvalue weighted by molar-refractivity contribution is 6.13. The van der Waals surface area contributed by atoms with Crippen LogP contribution < -0.4 is 5.32 Å². The first-order valence-electron chi connectivity index (χ1n) is 6.91. The van der Waals surface area contributed by atoms with Crippen LogP contribution in [0.25, 0.3) is 10.8 Å². The maximum atomic E-state index is 12.4. The molecule has 114 valence electrons. The SMILES string of the molecule is O=C(O)c1ccc(NC(=O)c2cccc3ccccc23)cc1O. The van der Waals surface area contributed by atoms with E-state index in [1.807, 2.05) is 30.3 Å². The minimum Gasteiger partial charge on any atom is -0.507 e. The lowest BCUT2D eigenvalue weighted by Gasteiger charge is -2.09. The van der Waals surface area contributed by atoms with Gasteiger partial charge in [0.05, 0.1) is 0 Å². The summed E-state index contributed by atoms with van der Waals surface area (Å²) < 4.78 is 0. The monoisotopic (exact) mass is 307 g/mol. The third kappa shape index (κ3) is 2.85. The average molecular weight is 307 g/mol. The number of nitrogens with one attached hydrogen (secondary N) is 1. The molecule has 0 saturated heterocycles. The van der Waals surface area contributed by atoms with Gasteiger partial charge in [-0.2, -0.15) is 0 Å². The number of aromatic hydroxyl groups is 1. The molecule has 0 unspecified atom stereocenters. The van der Waals surface area contributed by atoms with E-state index in [9.17, 15) is 14.7 Å². The number of amides is 1. The summed E-state index contributed by atoms with van der Waals surface area (Å²) >= 11 is 0. The molecule has 3 rings (SSSR count). The van der Waals surface area contributed by atoms with Crippen molar-refractivity contribution in [1.29, 1.82) is 0 Å². The van der Waals surface area contributed by atoms with Crippen LogP contribution in [0.3, 0.4) is 0 Å². The Morgan fingerprint density at radius 2 is 1.61 bits per heavy atom. The van der Waals surface area contributed by atoms with Crippen molar-refractivity contribution < 1.29 is 19.8 Å². The molecule has 0 heterocycles. The molecule has 23 heavy (non-hydrogen) atoms. The Morgan fingerprint density at radius 3 is 2.35 bits per heavy atom. The number of hydrogen-bond acceptors (Lipinski definition) is 3. The number of aromatic carboxylic acids is 1. The molecular weight excluding hydrogens is 294 g/mol. The molecule has 0 radical (unpaired) electrons. The number of carbonyl (C=O) groups is 2. The smallest absolute Gasteiger partial charge is 0.339 e. The van der Waals surface area contributed by atoms with Gasteiger partial charge in [0.2, 0.25) is 0 Å². The van der Waals surface area contributed by atoms with Crippen LogP contribution in [0.2, 0.25) is 0 Å². The van der Waals surface area contributed by atoms with E-state index in [0.717, 1.165) is 10.8 Å². The number of hydrogen-bond donors (Lipinski definition) is 3. The Labute approximate surface area is 131 Å². The van der Waals surface area contributed by atoms with Gasteiger partial charge in [-0.3, -0.25) is 4.79 Å². The molecule has 0 spiro atoms. The van der Waals surface area contributed by atoms with E-state index in [1.54, 1.807) is 12.1 Å². The number of rotatable bonds is 3. The van der Waals surface area contributed by atoms with Crippen LogP contribution in [0.15, 0.2) is 60.7 Å². The molecule has 0 aliphatic heterocycles. The van der Waals surface area contributed by atoms with Gasteiger partial charge in [-0.1, -0.05) is 36.4 Å². The number of phenols is 1. The van der Waals surface area contributed by atoms with Gasteiger partial charge in [-0.05, 0) is 29.0 Å². The highest BCUT2D eigenvalue weighted by atomic mass is 16.4. The molecule has 1 amide bonds. The molecule has 0 aliphatic rings. The number of carbonyl (C=O) groups excluding carboxylic acids is 1. The first kappa shape index (κ1) is 14.6. The maximum Gasteiger partial charge on any atom is 0.339 e. The molecule has 0 atom stereocenters. The van der Waals surface area contributed by atoms with Crippen molar-refractivity contribution in [3.63, 3.8) is 0 Å². The van der Waals surface area contributed by atoms with Gasteiger partial charge in [-0.15, -0.1) is 0 Å². The van der Waals surface area contributed by atoms with Crippen LogP contribution >= 0.6 is 0 Å². The zero-order valence-corrected chi connectivity index (χ0v) is 12.0. The zero-order chi connectivity index (χ0) is 16.4. The van der Waals surface area contributed by atoms with E-state index < -0.39 is 11.7 Å². The van der Waals surface area contributed by atoms with Crippen molar-refractivity contribution in [3.05, 3.63) is 71.8 Å². The summed E-state index contributed by atoms with van der Waals surface area (Å²) in [6.07, 6.45) is 0. The summed E-state index contributed by atoms with van der Waals surface area (Å²) in [5, 5.41) is 23.0.